The number of nitriles is 1. The fourth-order valence-electron chi connectivity index (χ4n) is 5.93. The molecule has 0 aliphatic rings. The third-order valence-electron chi connectivity index (χ3n) is 8.10. The molecule has 0 N–H and O–H groups in total. The Bertz CT molecular complexity index is 2310. The van der Waals surface area contributed by atoms with Crippen LogP contribution in [0.2, 0.25) is 0 Å². The van der Waals surface area contributed by atoms with E-state index in [1.165, 1.54) is 0 Å². The summed E-state index contributed by atoms with van der Waals surface area (Å²) in [5.41, 5.74) is 8.31. The SMILES string of the molecule is N#Cc1ccc(-c2nc(-c3ccccc3)nc(-c3ccccc3)n2)cc1-n1c2ccccc2c2cc(-c3ccccc3)ccc21. The second kappa shape index (κ2) is 11.0. The number of hydrogen-bond donors (Lipinski definition) is 0. The van der Waals surface area contributed by atoms with Crippen LogP contribution in [-0.2, 0) is 0 Å². The molecule has 5 nitrogen and oxygen atoms in total. The average molecular weight is 576 g/mol. The Morgan fingerprint density at radius 2 is 0.933 bits per heavy atom. The fourth-order valence-corrected chi connectivity index (χ4v) is 5.93. The van der Waals surface area contributed by atoms with Crippen molar-refractivity contribution < 1.29 is 0 Å². The maximum Gasteiger partial charge on any atom is 0.164 e. The Kier molecular flexibility index (Phi) is 6.44. The molecular formula is C40H25N5. The first kappa shape index (κ1) is 26.3. The van der Waals surface area contributed by atoms with E-state index in [1.807, 2.05) is 91.0 Å². The first-order valence-corrected chi connectivity index (χ1v) is 14.8. The van der Waals surface area contributed by atoms with Gasteiger partial charge in [0.25, 0.3) is 0 Å². The molecule has 0 saturated carbocycles. The molecule has 0 radical (unpaired) electrons. The van der Waals surface area contributed by atoms with Crippen LogP contribution in [0.3, 0.4) is 0 Å². The normalized spacial score (nSPS) is 11.1. The van der Waals surface area contributed by atoms with Crippen molar-refractivity contribution >= 4 is 21.8 Å². The molecule has 5 heteroatoms. The van der Waals surface area contributed by atoms with Crippen LogP contribution in [0.25, 0.3) is 72.8 Å². The third kappa shape index (κ3) is 4.71. The smallest absolute Gasteiger partial charge is 0.164 e. The Morgan fingerprint density at radius 1 is 0.422 bits per heavy atom. The van der Waals surface area contributed by atoms with Crippen molar-refractivity contribution in [3.8, 4) is 57.0 Å². The molecule has 45 heavy (non-hydrogen) atoms. The summed E-state index contributed by atoms with van der Waals surface area (Å²) in [6.07, 6.45) is 0. The van der Waals surface area contributed by atoms with E-state index in [1.54, 1.807) is 0 Å². The summed E-state index contributed by atoms with van der Waals surface area (Å²) in [5, 5.41) is 12.5. The molecule has 0 fully saturated rings. The highest BCUT2D eigenvalue weighted by Crippen LogP contribution is 2.37. The zero-order chi connectivity index (χ0) is 30.2. The van der Waals surface area contributed by atoms with Gasteiger partial charge in [-0.2, -0.15) is 5.26 Å². The van der Waals surface area contributed by atoms with E-state index in [9.17, 15) is 5.26 Å². The summed E-state index contributed by atoms with van der Waals surface area (Å²) in [6.45, 7) is 0. The molecule has 8 rings (SSSR count). The van der Waals surface area contributed by atoms with Crippen molar-refractivity contribution in [2.24, 2.45) is 0 Å². The van der Waals surface area contributed by atoms with Gasteiger partial charge in [-0.05, 0) is 47.5 Å². The molecule has 0 aliphatic carbocycles. The zero-order valence-electron chi connectivity index (χ0n) is 24.2. The van der Waals surface area contributed by atoms with Crippen LogP contribution in [0.5, 0.6) is 0 Å². The average Bonchev–Trinajstić information content (AvgIpc) is 3.46. The van der Waals surface area contributed by atoms with Gasteiger partial charge in [-0.25, -0.2) is 15.0 Å². The van der Waals surface area contributed by atoms with Gasteiger partial charge in [0.2, 0.25) is 0 Å². The highest BCUT2D eigenvalue weighted by molar-refractivity contribution is 6.10. The number of para-hydroxylation sites is 1. The van der Waals surface area contributed by atoms with Crippen LogP contribution >= 0.6 is 0 Å². The van der Waals surface area contributed by atoms with Crippen LogP contribution in [0.1, 0.15) is 5.56 Å². The Balaban J connectivity index is 1.35. The first-order chi connectivity index (χ1) is 22.3. The second-order valence-corrected chi connectivity index (χ2v) is 10.8. The molecule has 210 valence electrons. The van der Waals surface area contributed by atoms with Gasteiger partial charge in [0.15, 0.2) is 17.5 Å². The monoisotopic (exact) mass is 575 g/mol. The predicted molar refractivity (Wildman–Crippen MR) is 181 cm³/mol. The predicted octanol–water partition coefficient (Wildman–Crippen LogP) is 9.51. The summed E-state index contributed by atoms with van der Waals surface area (Å²) >= 11 is 0. The Morgan fingerprint density at radius 3 is 1.56 bits per heavy atom. The minimum absolute atomic E-state index is 0.542. The van der Waals surface area contributed by atoms with Gasteiger partial charge in [0.1, 0.15) is 6.07 Å². The highest BCUT2D eigenvalue weighted by atomic mass is 15.0. The summed E-state index contributed by atoms with van der Waals surface area (Å²) in [7, 11) is 0. The first-order valence-electron chi connectivity index (χ1n) is 14.8. The van der Waals surface area contributed by atoms with Gasteiger partial charge >= 0.3 is 0 Å². The summed E-state index contributed by atoms with van der Waals surface area (Å²) in [5.74, 6) is 1.73. The molecule has 0 aliphatic heterocycles. The summed E-state index contributed by atoms with van der Waals surface area (Å²) in [4.78, 5) is 14.7. The molecule has 0 atom stereocenters. The van der Waals surface area contributed by atoms with E-state index in [2.05, 4.69) is 71.3 Å². The maximum absolute atomic E-state index is 10.3. The van der Waals surface area contributed by atoms with E-state index in [0.29, 0.717) is 23.0 Å². The van der Waals surface area contributed by atoms with Gasteiger partial charge in [0, 0.05) is 27.5 Å². The lowest BCUT2D eigenvalue weighted by atomic mass is 10.0. The van der Waals surface area contributed by atoms with Crippen molar-refractivity contribution in [1.29, 1.82) is 5.26 Å². The lowest BCUT2D eigenvalue weighted by molar-refractivity contribution is 1.07. The number of hydrogen-bond acceptors (Lipinski definition) is 4. The molecular weight excluding hydrogens is 550 g/mol. The standard InChI is InChI=1S/C40H25N5/c41-26-32-21-20-31(40-43-38(28-14-6-2-7-15-28)42-39(44-40)29-16-8-3-9-17-29)25-37(32)45-35-19-11-10-18-33(35)34-24-30(22-23-36(34)45)27-12-4-1-5-13-27/h1-25H. The largest absolute Gasteiger partial charge is 0.308 e. The minimum Gasteiger partial charge on any atom is -0.308 e. The molecule has 0 saturated heterocycles. The zero-order valence-corrected chi connectivity index (χ0v) is 24.2. The maximum atomic E-state index is 10.3. The van der Waals surface area contributed by atoms with Crippen molar-refractivity contribution in [2.45, 2.75) is 0 Å². The number of rotatable bonds is 5. The van der Waals surface area contributed by atoms with E-state index < -0.39 is 0 Å². The molecule has 0 bridgehead atoms. The molecule has 0 amide bonds. The van der Waals surface area contributed by atoms with Crippen molar-refractivity contribution in [2.75, 3.05) is 0 Å². The van der Waals surface area contributed by atoms with Crippen molar-refractivity contribution in [1.82, 2.24) is 19.5 Å². The van der Waals surface area contributed by atoms with Gasteiger partial charge in [-0.1, -0.05) is 115 Å². The van der Waals surface area contributed by atoms with E-state index in [4.69, 9.17) is 15.0 Å². The van der Waals surface area contributed by atoms with Gasteiger partial charge < -0.3 is 4.57 Å². The number of benzene rings is 6. The van der Waals surface area contributed by atoms with Crippen LogP contribution in [0, 0.1) is 11.3 Å². The van der Waals surface area contributed by atoms with Crippen molar-refractivity contribution in [3.63, 3.8) is 0 Å². The molecule has 0 unspecified atom stereocenters. The fraction of sp³-hybridized carbons (Fsp3) is 0. The number of aromatic nitrogens is 4. The third-order valence-corrected chi connectivity index (χ3v) is 8.10. The Hall–Kier alpha value is -6.38. The number of nitrogens with zero attached hydrogens (tertiary/aromatic N) is 5. The lowest BCUT2D eigenvalue weighted by Crippen LogP contribution is -2.02. The van der Waals surface area contributed by atoms with Gasteiger partial charge in [0.05, 0.1) is 22.3 Å². The van der Waals surface area contributed by atoms with E-state index in [0.717, 1.165) is 55.3 Å². The minimum atomic E-state index is 0.542. The van der Waals surface area contributed by atoms with Crippen LogP contribution < -0.4 is 0 Å². The van der Waals surface area contributed by atoms with Crippen LogP contribution in [0.15, 0.2) is 152 Å². The Labute approximate surface area is 260 Å². The lowest BCUT2D eigenvalue weighted by Gasteiger charge is -2.13. The second-order valence-electron chi connectivity index (χ2n) is 10.8. The van der Waals surface area contributed by atoms with Gasteiger partial charge in [-0.3, -0.25) is 0 Å². The van der Waals surface area contributed by atoms with E-state index >= 15 is 0 Å². The number of fused-ring (bicyclic) bond motifs is 3. The van der Waals surface area contributed by atoms with E-state index in [-0.39, 0.29) is 0 Å². The van der Waals surface area contributed by atoms with Crippen molar-refractivity contribution in [3.05, 3.63) is 157 Å². The van der Waals surface area contributed by atoms with Crippen LogP contribution in [0.4, 0.5) is 0 Å². The molecule has 2 heterocycles. The molecule has 6 aromatic carbocycles. The molecule has 0 spiro atoms. The molecule has 2 aromatic heterocycles. The van der Waals surface area contributed by atoms with Crippen LogP contribution in [-0.4, -0.2) is 19.5 Å². The highest BCUT2D eigenvalue weighted by Gasteiger charge is 2.18. The summed E-state index contributed by atoms with van der Waals surface area (Å²) in [6, 6.07) is 53.4. The quantitative estimate of drug-likeness (QED) is 0.205. The summed E-state index contributed by atoms with van der Waals surface area (Å²) < 4.78 is 2.18. The molecule has 8 aromatic rings. The topological polar surface area (TPSA) is 67.4 Å². The van der Waals surface area contributed by atoms with Gasteiger partial charge in [-0.15, -0.1) is 0 Å².